The van der Waals surface area contributed by atoms with Crippen LogP contribution in [0.3, 0.4) is 0 Å². The second kappa shape index (κ2) is 6.53. The molecule has 26 heavy (non-hydrogen) atoms. The summed E-state index contributed by atoms with van der Waals surface area (Å²) in [5, 5.41) is 4.70. The van der Waals surface area contributed by atoms with Crippen molar-refractivity contribution < 1.29 is 9.53 Å². The molecule has 0 N–H and O–H groups in total. The summed E-state index contributed by atoms with van der Waals surface area (Å²) in [5.41, 5.74) is 2.62. The number of hydrogen-bond acceptors (Lipinski definition) is 6. The third-order valence-corrected chi connectivity index (χ3v) is 4.04. The maximum atomic E-state index is 12.8. The van der Waals surface area contributed by atoms with Crippen molar-refractivity contribution in [3.63, 3.8) is 0 Å². The molecular formula is C18H12ClN5O2. The first-order valence-electron chi connectivity index (χ1n) is 7.68. The van der Waals surface area contributed by atoms with Crippen molar-refractivity contribution >= 4 is 23.0 Å². The molecule has 8 heteroatoms. The summed E-state index contributed by atoms with van der Waals surface area (Å²) in [7, 11) is 1.50. The smallest absolute Gasteiger partial charge is 0.216 e. The van der Waals surface area contributed by atoms with Crippen molar-refractivity contribution in [1.82, 2.24) is 24.6 Å². The van der Waals surface area contributed by atoms with Crippen LogP contribution in [0.4, 0.5) is 0 Å². The van der Waals surface area contributed by atoms with Gasteiger partial charge < -0.3 is 4.74 Å². The summed E-state index contributed by atoms with van der Waals surface area (Å²) >= 11 is 5.98. The van der Waals surface area contributed by atoms with E-state index in [2.05, 4.69) is 20.1 Å². The molecule has 0 bridgehead atoms. The van der Waals surface area contributed by atoms with Crippen molar-refractivity contribution in [3.05, 3.63) is 71.4 Å². The second-order valence-electron chi connectivity index (χ2n) is 5.39. The van der Waals surface area contributed by atoms with Crippen molar-refractivity contribution in [2.75, 3.05) is 7.11 Å². The lowest BCUT2D eigenvalue weighted by atomic mass is 10.1. The van der Waals surface area contributed by atoms with Gasteiger partial charge in [-0.2, -0.15) is 5.10 Å². The van der Waals surface area contributed by atoms with E-state index in [0.717, 1.165) is 11.3 Å². The van der Waals surface area contributed by atoms with Crippen LogP contribution in [-0.2, 0) is 0 Å². The zero-order chi connectivity index (χ0) is 18.1. The van der Waals surface area contributed by atoms with E-state index in [1.54, 1.807) is 47.2 Å². The molecule has 0 saturated carbocycles. The highest BCUT2D eigenvalue weighted by Crippen LogP contribution is 2.23. The molecule has 0 amide bonds. The van der Waals surface area contributed by atoms with Gasteiger partial charge >= 0.3 is 0 Å². The number of ether oxygens (including phenoxy) is 1. The van der Waals surface area contributed by atoms with Gasteiger partial charge in [-0.25, -0.2) is 19.5 Å². The average molecular weight is 366 g/mol. The Labute approximate surface area is 153 Å². The highest BCUT2D eigenvalue weighted by Gasteiger charge is 2.19. The van der Waals surface area contributed by atoms with Gasteiger partial charge in [0.15, 0.2) is 5.65 Å². The summed E-state index contributed by atoms with van der Waals surface area (Å²) in [5.74, 6) is 0.0868. The van der Waals surface area contributed by atoms with Crippen LogP contribution in [0.25, 0.3) is 16.9 Å². The lowest BCUT2D eigenvalue weighted by Crippen LogP contribution is -2.05. The molecule has 4 heterocycles. The van der Waals surface area contributed by atoms with Gasteiger partial charge in [0.1, 0.15) is 10.8 Å². The van der Waals surface area contributed by atoms with Crippen LogP contribution in [0.15, 0.2) is 55.0 Å². The van der Waals surface area contributed by atoms with E-state index in [1.807, 2.05) is 6.07 Å². The molecule has 0 saturated heterocycles. The van der Waals surface area contributed by atoms with Gasteiger partial charge in [-0.3, -0.25) is 4.79 Å². The minimum absolute atomic E-state index is 0.262. The van der Waals surface area contributed by atoms with Gasteiger partial charge in [0.05, 0.1) is 24.6 Å². The third-order valence-electron chi connectivity index (χ3n) is 3.83. The normalized spacial score (nSPS) is 10.8. The van der Waals surface area contributed by atoms with Crippen LogP contribution in [0, 0.1) is 0 Å². The molecule has 4 aromatic heterocycles. The van der Waals surface area contributed by atoms with Gasteiger partial charge in [-0.05, 0) is 24.3 Å². The average Bonchev–Trinajstić information content (AvgIpc) is 3.11. The van der Waals surface area contributed by atoms with Crippen LogP contribution in [-0.4, -0.2) is 37.5 Å². The Balaban J connectivity index is 1.83. The summed E-state index contributed by atoms with van der Waals surface area (Å²) in [4.78, 5) is 25.3. The quantitative estimate of drug-likeness (QED) is 0.408. The van der Waals surface area contributed by atoms with E-state index in [1.165, 1.54) is 13.3 Å². The fourth-order valence-corrected chi connectivity index (χ4v) is 2.80. The zero-order valence-electron chi connectivity index (χ0n) is 13.6. The standard InChI is InChI=1S/C18H12ClN5O2/c1-26-16-4-2-3-13(23-16)17(25)12-10-22-24-14(6-8-21-18(12)24)11-5-7-20-15(19)9-11/h2-10H,1H3. The lowest BCUT2D eigenvalue weighted by molar-refractivity contribution is 0.103. The Bertz CT molecular complexity index is 1130. The molecule has 0 radical (unpaired) electrons. The first kappa shape index (κ1) is 16.2. The Morgan fingerprint density at radius 3 is 2.81 bits per heavy atom. The molecule has 0 fully saturated rings. The number of hydrogen-bond donors (Lipinski definition) is 0. The van der Waals surface area contributed by atoms with Crippen molar-refractivity contribution in [1.29, 1.82) is 0 Å². The summed E-state index contributed by atoms with van der Waals surface area (Å²) in [6.07, 6.45) is 4.72. The van der Waals surface area contributed by atoms with Gasteiger partial charge in [0.2, 0.25) is 11.7 Å². The van der Waals surface area contributed by atoms with E-state index >= 15 is 0 Å². The Morgan fingerprint density at radius 1 is 1.15 bits per heavy atom. The number of carbonyl (C=O) groups is 1. The van der Waals surface area contributed by atoms with Gasteiger partial charge in [-0.15, -0.1) is 0 Å². The summed E-state index contributed by atoms with van der Waals surface area (Å²) in [6, 6.07) is 10.3. The predicted molar refractivity (Wildman–Crippen MR) is 95.4 cm³/mol. The highest BCUT2D eigenvalue weighted by molar-refractivity contribution is 6.29. The lowest BCUT2D eigenvalue weighted by Gasteiger charge is -2.05. The van der Waals surface area contributed by atoms with Crippen molar-refractivity contribution in [3.8, 4) is 17.1 Å². The highest BCUT2D eigenvalue weighted by atomic mass is 35.5. The van der Waals surface area contributed by atoms with Crippen molar-refractivity contribution in [2.24, 2.45) is 0 Å². The molecule has 0 aliphatic heterocycles. The van der Waals surface area contributed by atoms with E-state index in [9.17, 15) is 4.79 Å². The number of ketones is 1. The fraction of sp³-hybridized carbons (Fsp3) is 0.0556. The van der Waals surface area contributed by atoms with Crippen LogP contribution >= 0.6 is 11.6 Å². The molecule has 128 valence electrons. The second-order valence-corrected chi connectivity index (χ2v) is 5.77. The Kier molecular flexibility index (Phi) is 4.06. The third kappa shape index (κ3) is 2.78. The number of nitrogens with zero attached hydrogens (tertiary/aromatic N) is 5. The molecule has 0 aliphatic rings. The van der Waals surface area contributed by atoms with Gasteiger partial charge in [0.25, 0.3) is 0 Å². The summed E-state index contributed by atoms with van der Waals surface area (Å²) in [6.45, 7) is 0. The van der Waals surface area contributed by atoms with Crippen LogP contribution in [0.5, 0.6) is 5.88 Å². The summed E-state index contributed by atoms with van der Waals surface area (Å²) < 4.78 is 6.68. The Morgan fingerprint density at radius 2 is 2.00 bits per heavy atom. The monoisotopic (exact) mass is 365 g/mol. The number of pyridine rings is 2. The molecule has 4 rings (SSSR count). The molecule has 0 aliphatic carbocycles. The molecule has 7 nitrogen and oxygen atoms in total. The number of aromatic nitrogens is 5. The van der Waals surface area contributed by atoms with Crippen LogP contribution in [0.2, 0.25) is 5.15 Å². The van der Waals surface area contributed by atoms with E-state index in [-0.39, 0.29) is 11.5 Å². The predicted octanol–water partition coefficient (Wildman–Crippen LogP) is 3.08. The minimum atomic E-state index is -0.281. The number of fused-ring (bicyclic) bond motifs is 1. The molecule has 0 spiro atoms. The van der Waals surface area contributed by atoms with E-state index in [0.29, 0.717) is 22.2 Å². The first-order valence-corrected chi connectivity index (χ1v) is 8.05. The first-order chi connectivity index (χ1) is 12.7. The number of halogens is 1. The number of carbonyl (C=O) groups excluding carboxylic acids is 1. The molecular weight excluding hydrogens is 354 g/mol. The Hall–Kier alpha value is -3.32. The number of methoxy groups -OCH3 is 1. The van der Waals surface area contributed by atoms with Crippen LogP contribution in [0.1, 0.15) is 16.1 Å². The van der Waals surface area contributed by atoms with E-state index in [4.69, 9.17) is 16.3 Å². The minimum Gasteiger partial charge on any atom is -0.481 e. The zero-order valence-corrected chi connectivity index (χ0v) is 14.4. The van der Waals surface area contributed by atoms with Gasteiger partial charge in [-0.1, -0.05) is 17.7 Å². The van der Waals surface area contributed by atoms with Gasteiger partial charge in [0, 0.05) is 24.0 Å². The maximum absolute atomic E-state index is 12.8. The number of rotatable bonds is 4. The van der Waals surface area contributed by atoms with Crippen LogP contribution < -0.4 is 4.74 Å². The SMILES string of the molecule is COc1cccc(C(=O)c2cnn3c(-c4ccnc(Cl)c4)ccnc23)n1. The van der Waals surface area contributed by atoms with Crippen molar-refractivity contribution in [2.45, 2.75) is 0 Å². The molecule has 0 aromatic carbocycles. The maximum Gasteiger partial charge on any atom is 0.216 e. The molecule has 4 aromatic rings. The fourth-order valence-electron chi connectivity index (χ4n) is 2.63. The molecule has 0 atom stereocenters. The largest absolute Gasteiger partial charge is 0.481 e. The topological polar surface area (TPSA) is 82.3 Å². The molecule has 0 unspecified atom stereocenters. The van der Waals surface area contributed by atoms with E-state index < -0.39 is 0 Å².